The van der Waals surface area contributed by atoms with Gasteiger partial charge in [0.1, 0.15) is 5.82 Å². The van der Waals surface area contributed by atoms with Crippen molar-refractivity contribution >= 4 is 22.2 Å². The minimum Gasteiger partial charge on any atom is -0.494 e. The molecule has 0 radical (unpaired) electrons. The summed E-state index contributed by atoms with van der Waals surface area (Å²) in [5.74, 6) is 0.200. The third-order valence-corrected chi connectivity index (χ3v) is 7.13. The fourth-order valence-corrected chi connectivity index (χ4v) is 5.17. The van der Waals surface area contributed by atoms with Gasteiger partial charge >= 0.3 is 0 Å². The van der Waals surface area contributed by atoms with E-state index in [9.17, 15) is 9.50 Å². The van der Waals surface area contributed by atoms with Crippen LogP contribution in [0.2, 0.25) is 0 Å². The minimum atomic E-state index is -0.324. The average Bonchev–Trinajstić information content (AvgIpc) is 3.46. The van der Waals surface area contributed by atoms with Crippen molar-refractivity contribution in [3.63, 3.8) is 0 Å². The summed E-state index contributed by atoms with van der Waals surface area (Å²) in [6.45, 7) is 5.48. The van der Waals surface area contributed by atoms with E-state index in [0.717, 1.165) is 65.3 Å². The first-order chi connectivity index (χ1) is 17.6. The molecule has 6 nitrogen and oxygen atoms in total. The van der Waals surface area contributed by atoms with E-state index in [-0.39, 0.29) is 11.7 Å². The number of aromatic amines is 1. The van der Waals surface area contributed by atoms with E-state index in [1.54, 1.807) is 12.1 Å². The molecule has 2 aliphatic heterocycles. The number of hydrogen-bond donors (Lipinski definition) is 3. The first-order valence-electron chi connectivity index (χ1n) is 12.5. The number of H-pyrrole nitrogens is 1. The topological polar surface area (TPSA) is 76.0 Å². The zero-order valence-electron chi connectivity index (χ0n) is 20.1. The number of halogens is 1. The van der Waals surface area contributed by atoms with Gasteiger partial charge in [0, 0.05) is 41.3 Å². The summed E-state index contributed by atoms with van der Waals surface area (Å²) in [5.41, 5.74) is 3.81. The van der Waals surface area contributed by atoms with Crippen LogP contribution in [0.15, 0.2) is 82.5 Å². The standard InChI is InChI=1S/C29H28FN5O/c1-2-35-15-13-20(14-16-35)31-21-11-12-23-22(17-21)27(29(36)34-23)26(18-7-9-19(30)10-8-18)28-32-24-5-3-4-6-25(24)33-28/h3-12,17,20,31,34,36H,2,13-16H2,1H3. The molecule has 36 heavy (non-hydrogen) atoms. The van der Waals surface area contributed by atoms with Gasteiger partial charge in [-0.05, 0) is 67.4 Å². The number of benzene rings is 3. The number of nitrogens with one attached hydrogen (secondary N) is 2. The Balaban J connectivity index is 1.47. The van der Waals surface area contributed by atoms with Gasteiger partial charge in [-0.2, -0.15) is 0 Å². The Bertz CT molecular complexity index is 1540. The second-order valence-corrected chi connectivity index (χ2v) is 9.38. The zero-order chi connectivity index (χ0) is 24.6. The van der Waals surface area contributed by atoms with Crippen LogP contribution >= 0.6 is 0 Å². The molecular weight excluding hydrogens is 453 g/mol. The van der Waals surface area contributed by atoms with Gasteiger partial charge in [-0.3, -0.25) is 0 Å². The third kappa shape index (κ3) is 4.16. The predicted molar refractivity (Wildman–Crippen MR) is 140 cm³/mol. The lowest BCUT2D eigenvalue weighted by Crippen LogP contribution is -2.38. The number of fused-ring (bicyclic) bond motifs is 2. The van der Waals surface area contributed by atoms with Gasteiger partial charge in [0.2, 0.25) is 0 Å². The molecule has 3 N–H and O–H groups in total. The molecule has 6 rings (SSSR count). The molecule has 1 aromatic heterocycles. The minimum absolute atomic E-state index is 0.0339. The fraction of sp³-hybridized carbons (Fsp3) is 0.241. The number of rotatable bonds is 5. The summed E-state index contributed by atoms with van der Waals surface area (Å²) in [7, 11) is 0. The number of nitrogens with zero attached hydrogens (tertiary/aromatic N) is 3. The van der Waals surface area contributed by atoms with Crippen molar-refractivity contribution in [3.05, 3.63) is 100 Å². The summed E-state index contributed by atoms with van der Waals surface area (Å²) in [4.78, 5) is 15.1. The van der Waals surface area contributed by atoms with Gasteiger partial charge < -0.3 is 20.3 Å². The van der Waals surface area contributed by atoms with Crippen molar-refractivity contribution in [3.8, 4) is 5.88 Å². The highest BCUT2D eigenvalue weighted by Crippen LogP contribution is 2.40. The number of likely N-dealkylation sites (tertiary alicyclic amines) is 1. The molecular formula is C29H28FN5O. The SMILES string of the molecule is CCN1CCC(Nc2ccc3[nH]c(O)c(C(=C4N=c5ccccc5=N4)c4ccc(F)cc4)c3c2)CC1. The van der Waals surface area contributed by atoms with Crippen molar-refractivity contribution in [2.24, 2.45) is 9.98 Å². The first kappa shape index (κ1) is 22.5. The number of aromatic hydroxyl groups is 1. The molecule has 0 unspecified atom stereocenters. The van der Waals surface area contributed by atoms with E-state index in [4.69, 9.17) is 9.98 Å². The normalized spacial score (nSPS) is 16.0. The zero-order valence-corrected chi connectivity index (χ0v) is 20.1. The molecule has 3 aromatic carbocycles. The van der Waals surface area contributed by atoms with Crippen LogP contribution in [0.5, 0.6) is 5.88 Å². The predicted octanol–water partition coefficient (Wildman–Crippen LogP) is 4.58. The summed E-state index contributed by atoms with van der Waals surface area (Å²) < 4.78 is 13.8. The highest BCUT2D eigenvalue weighted by Gasteiger charge is 2.23. The summed E-state index contributed by atoms with van der Waals surface area (Å²) >= 11 is 0. The highest BCUT2D eigenvalue weighted by molar-refractivity contribution is 6.01. The van der Waals surface area contributed by atoms with Gasteiger partial charge in [-0.15, -0.1) is 0 Å². The van der Waals surface area contributed by atoms with Crippen molar-refractivity contribution < 1.29 is 9.50 Å². The Hall–Kier alpha value is -3.97. The number of piperidine rings is 1. The van der Waals surface area contributed by atoms with Gasteiger partial charge in [0.25, 0.3) is 0 Å². The molecule has 0 saturated carbocycles. The summed E-state index contributed by atoms with van der Waals surface area (Å²) in [6.07, 6.45) is 2.19. The van der Waals surface area contributed by atoms with Gasteiger partial charge in [0.05, 0.1) is 16.3 Å². The molecule has 182 valence electrons. The Labute approximate surface area is 208 Å². The molecule has 0 atom stereocenters. The van der Waals surface area contributed by atoms with E-state index >= 15 is 0 Å². The highest BCUT2D eigenvalue weighted by atomic mass is 19.1. The van der Waals surface area contributed by atoms with Crippen LogP contribution < -0.4 is 16.0 Å². The molecule has 0 bridgehead atoms. The molecule has 0 amide bonds. The lowest BCUT2D eigenvalue weighted by Gasteiger charge is -2.32. The van der Waals surface area contributed by atoms with Gasteiger partial charge in [-0.1, -0.05) is 31.2 Å². The number of hydrogen-bond acceptors (Lipinski definition) is 5. The van der Waals surface area contributed by atoms with Crippen LogP contribution in [0.1, 0.15) is 30.9 Å². The maximum atomic E-state index is 13.8. The second-order valence-electron chi connectivity index (χ2n) is 9.38. The Morgan fingerprint density at radius 2 is 1.72 bits per heavy atom. The Morgan fingerprint density at radius 1 is 1.03 bits per heavy atom. The summed E-state index contributed by atoms with van der Waals surface area (Å²) in [6, 6.07) is 20.4. The quantitative estimate of drug-likeness (QED) is 0.391. The monoisotopic (exact) mass is 481 g/mol. The fourth-order valence-electron chi connectivity index (χ4n) is 5.17. The first-order valence-corrected chi connectivity index (χ1v) is 12.5. The molecule has 0 spiro atoms. The molecule has 1 fully saturated rings. The Kier molecular flexibility index (Phi) is 5.77. The molecule has 3 heterocycles. The van der Waals surface area contributed by atoms with Crippen molar-refractivity contribution in [1.29, 1.82) is 0 Å². The van der Waals surface area contributed by atoms with Crippen molar-refractivity contribution in [2.75, 3.05) is 25.0 Å². The van der Waals surface area contributed by atoms with E-state index in [1.165, 1.54) is 12.1 Å². The van der Waals surface area contributed by atoms with E-state index in [2.05, 4.69) is 28.2 Å². The number of aromatic nitrogens is 1. The van der Waals surface area contributed by atoms with Crippen LogP contribution in [0.3, 0.4) is 0 Å². The average molecular weight is 482 g/mol. The molecule has 1 saturated heterocycles. The third-order valence-electron chi connectivity index (χ3n) is 7.13. The summed E-state index contributed by atoms with van der Waals surface area (Å²) in [5, 5.41) is 17.2. The maximum Gasteiger partial charge on any atom is 0.197 e. The van der Waals surface area contributed by atoms with E-state index in [0.29, 0.717) is 23.0 Å². The molecule has 4 aromatic rings. The van der Waals surface area contributed by atoms with Crippen molar-refractivity contribution in [2.45, 2.75) is 25.8 Å². The van der Waals surface area contributed by atoms with Gasteiger partial charge in [-0.25, -0.2) is 14.4 Å². The molecule has 0 aliphatic carbocycles. The van der Waals surface area contributed by atoms with E-state index in [1.807, 2.05) is 36.4 Å². The largest absolute Gasteiger partial charge is 0.494 e. The molecule has 7 heteroatoms. The second kappa shape index (κ2) is 9.24. The van der Waals surface area contributed by atoms with Crippen LogP contribution in [0.25, 0.3) is 16.5 Å². The van der Waals surface area contributed by atoms with Crippen LogP contribution in [-0.4, -0.2) is 40.7 Å². The van der Waals surface area contributed by atoms with Crippen LogP contribution in [0.4, 0.5) is 10.1 Å². The number of para-hydroxylation sites is 2. The van der Waals surface area contributed by atoms with E-state index < -0.39 is 0 Å². The van der Waals surface area contributed by atoms with Crippen LogP contribution in [-0.2, 0) is 0 Å². The molecule has 2 aliphatic rings. The lowest BCUT2D eigenvalue weighted by molar-refractivity contribution is 0.229. The smallest absolute Gasteiger partial charge is 0.197 e. The Morgan fingerprint density at radius 3 is 2.39 bits per heavy atom. The van der Waals surface area contributed by atoms with Gasteiger partial charge in [0.15, 0.2) is 11.7 Å². The van der Waals surface area contributed by atoms with Crippen LogP contribution in [0, 0.1) is 5.82 Å². The number of anilines is 1. The van der Waals surface area contributed by atoms with Crippen molar-refractivity contribution in [1.82, 2.24) is 9.88 Å². The maximum absolute atomic E-state index is 13.8. The lowest BCUT2D eigenvalue weighted by atomic mass is 9.96.